The number of carbonyl (C=O) groups is 2. The Balaban J connectivity index is 0.00000650. The summed E-state index contributed by atoms with van der Waals surface area (Å²) in [6, 6.07) is 13.1. The van der Waals surface area contributed by atoms with Gasteiger partial charge in [-0.15, -0.1) is 16.0 Å². The van der Waals surface area contributed by atoms with E-state index in [0.717, 1.165) is 40.8 Å². The van der Waals surface area contributed by atoms with Crippen LogP contribution in [-0.2, 0) is 33.0 Å². The highest BCUT2D eigenvalue weighted by molar-refractivity contribution is 7.10. The second-order valence-corrected chi connectivity index (χ2v) is 12.9. The molecule has 1 amide bonds. The maximum atomic E-state index is 15.3. The van der Waals surface area contributed by atoms with Gasteiger partial charge < -0.3 is 32.3 Å². The van der Waals surface area contributed by atoms with Gasteiger partial charge in [0, 0.05) is 53.1 Å². The number of aromatic nitrogens is 4. The molecular formula is C36H34ClF4N7O5S. The molecule has 18 heteroatoms. The molecule has 0 radical (unpaired) electrons. The number of anilines is 1. The molecule has 284 valence electrons. The molecule has 0 bridgehead atoms. The van der Waals surface area contributed by atoms with Gasteiger partial charge in [-0.05, 0) is 43.4 Å². The van der Waals surface area contributed by atoms with Crippen LogP contribution in [0.5, 0.6) is 0 Å². The molecule has 5 aromatic rings. The van der Waals surface area contributed by atoms with Crippen molar-refractivity contribution in [1.82, 2.24) is 20.1 Å². The summed E-state index contributed by atoms with van der Waals surface area (Å²) in [6.45, 7) is 2.14. The second kappa shape index (κ2) is 17.6. The first-order valence-electron chi connectivity index (χ1n) is 16.0. The number of nitrogens with zero attached hydrogens (tertiary/aromatic N) is 6. The smallest absolute Gasteiger partial charge is 0.416 e. The Hall–Kier alpha value is -5.41. The van der Waals surface area contributed by atoms with Gasteiger partial charge in [-0.2, -0.15) is 9.83 Å². The minimum absolute atomic E-state index is 0. The number of esters is 1. The molecule has 2 N–H and O–H groups in total. The third kappa shape index (κ3) is 9.20. The van der Waals surface area contributed by atoms with E-state index in [1.165, 1.54) is 54.3 Å². The van der Waals surface area contributed by atoms with E-state index in [1.54, 1.807) is 36.6 Å². The molecule has 2 aromatic heterocycles. The van der Waals surface area contributed by atoms with Crippen LogP contribution in [0.1, 0.15) is 47.7 Å². The van der Waals surface area contributed by atoms with E-state index in [9.17, 15) is 27.9 Å². The maximum Gasteiger partial charge on any atom is 0.416 e. The van der Waals surface area contributed by atoms with Gasteiger partial charge in [0.05, 0.1) is 34.6 Å². The fourth-order valence-electron chi connectivity index (χ4n) is 5.42. The molecule has 1 unspecified atom stereocenters. The molecule has 12 nitrogen and oxygen atoms in total. The topological polar surface area (TPSA) is 146 Å². The fraction of sp³-hybridized carbons (Fsp3) is 0.278. The van der Waals surface area contributed by atoms with Crippen LogP contribution in [0.2, 0.25) is 0 Å². The molecule has 0 fully saturated rings. The van der Waals surface area contributed by atoms with Crippen LogP contribution in [0.15, 0.2) is 72.6 Å². The zero-order valence-corrected chi connectivity index (χ0v) is 30.8. The first kappa shape index (κ1) is 41.3. The molecule has 0 spiro atoms. The van der Waals surface area contributed by atoms with E-state index in [2.05, 4.69) is 21.5 Å². The minimum Gasteiger partial charge on any atom is -1.00 e. The van der Waals surface area contributed by atoms with Crippen molar-refractivity contribution in [3.05, 3.63) is 118 Å². The third-order valence-corrected chi connectivity index (χ3v) is 9.50. The average molecular weight is 788 g/mol. The summed E-state index contributed by atoms with van der Waals surface area (Å²) in [7, 11) is 2.79. The van der Waals surface area contributed by atoms with Crippen molar-refractivity contribution in [3.63, 3.8) is 0 Å². The highest BCUT2D eigenvalue weighted by Gasteiger charge is 2.43. The third-order valence-electron chi connectivity index (χ3n) is 8.47. The zero-order chi connectivity index (χ0) is 38.4. The number of amides is 1. The summed E-state index contributed by atoms with van der Waals surface area (Å²) in [4.78, 5) is 30.6. The van der Waals surface area contributed by atoms with Crippen molar-refractivity contribution in [1.29, 1.82) is 5.26 Å². The molecule has 3 atom stereocenters. The maximum absolute atomic E-state index is 15.3. The molecule has 0 aliphatic rings. The predicted octanol–water partition coefficient (Wildman–Crippen LogP) is 2.47. The average Bonchev–Trinajstić information content (AvgIpc) is 3.83. The lowest BCUT2D eigenvalue weighted by Gasteiger charge is -2.32. The van der Waals surface area contributed by atoms with Crippen LogP contribution in [0, 0.1) is 34.6 Å². The fourth-order valence-corrected chi connectivity index (χ4v) is 6.39. The van der Waals surface area contributed by atoms with E-state index in [1.807, 2.05) is 0 Å². The molecule has 0 saturated carbocycles. The molecular weight excluding hydrogens is 754 g/mol. The summed E-state index contributed by atoms with van der Waals surface area (Å²) in [5.74, 6) is -5.64. The van der Waals surface area contributed by atoms with Gasteiger partial charge in [0.25, 0.3) is 6.33 Å². The van der Waals surface area contributed by atoms with Gasteiger partial charge in [-0.3, -0.25) is 9.69 Å². The molecule has 0 aliphatic carbocycles. The van der Waals surface area contributed by atoms with Gasteiger partial charge in [-0.1, -0.05) is 19.1 Å². The van der Waals surface area contributed by atoms with E-state index >= 15 is 4.39 Å². The number of hydrogen-bond donors (Lipinski definition) is 2. The lowest BCUT2D eigenvalue weighted by molar-refractivity contribution is -0.753. The van der Waals surface area contributed by atoms with Crippen LogP contribution < -0.4 is 27.2 Å². The lowest BCUT2D eigenvalue weighted by atomic mass is 9.82. The largest absolute Gasteiger partial charge is 1.00 e. The number of halogens is 5. The quantitative estimate of drug-likeness (QED) is 0.104. The molecule has 0 saturated heterocycles. The molecule has 2 heterocycles. The Morgan fingerprint density at radius 3 is 2.48 bits per heavy atom. The van der Waals surface area contributed by atoms with Gasteiger partial charge in [0.1, 0.15) is 30.4 Å². The number of nitrogens with one attached hydrogen (secondary N) is 1. The second-order valence-electron chi connectivity index (χ2n) is 12.0. The number of nitriles is 1. The predicted molar refractivity (Wildman–Crippen MR) is 183 cm³/mol. The summed E-state index contributed by atoms with van der Waals surface area (Å²) < 4.78 is 71.4. The van der Waals surface area contributed by atoms with Crippen molar-refractivity contribution in [3.8, 4) is 17.3 Å². The number of rotatable bonds is 13. The van der Waals surface area contributed by atoms with Crippen molar-refractivity contribution in [2.24, 2.45) is 0 Å². The van der Waals surface area contributed by atoms with Crippen molar-refractivity contribution >= 4 is 29.1 Å². The monoisotopic (exact) mass is 787 g/mol. The molecule has 3 aromatic carbocycles. The van der Waals surface area contributed by atoms with E-state index in [4.69, 9.17) is 14.7 Å². The Bertz CT molecular complexity index is 2160. The SMILES string of the molecule is CNCC(=O)OCc1cc(F)c(F)cc1N(C)C(=O)OC(C)[n+]1cnn(C[C@](O)(c2cc(F)ccc2F)[C@@H](C)c2nc(-c3ccc(C#N)cc3)cs2)c1.[Cl-]. The number of aliphatic hydroxyl groups is 1. The normalized spacial score (nSPS) is 13.2. The van der Waals surface area contributed by atoms with Gasteiger partial charge in [0.2, 0.25) is 12.6 Å². The van der Waals surface area contributed by atoms with Gasteiger partial charge >= 0.3 is 12.1 Å². The Morgan fingerprint density at radius 1 is 1.09 bits per heavy atom. The van der Waals surface area contributed by atoms with Crippen LogP contribution >= 0.6 is 11.3 Å². The molecule has 54 heavy (non-hydrogen) atoms. The number of thiazole rings is 1. The first-order valence-corrected chi connectivity index (χ1v) is 16.9. The molecule has 0 aliphatic heterocycles. The summed E-state index contributed by atoms with van der Waals surface area (Å²) in [6.07, 6.45) is 0.620. The zero-order valence-electron chi connectivity index (χ0n) is 29.3. The number of hydrogen-bond acceptors (Lipinski definition) is 10. The highest BCUT2D eigenvalue weighted by atomic mass is 35.5. The first-order chi connectivity index (χ1) is 25.2. The Morgan fingerprint density at radius 2 is 1.80 bits per heavy atom. The van der Waals surface area contributed by atoms with E-state index < -0.39 is 66.2 Å². The van der Waals surface area contributed by atoms with E-state index in [0.29, 0.717) is 16.3 Å². The Labute approximate surface area is 317 Å². The number of benzene rings is 3. The van der Waals surface area contributed by atoms with E-state index in [-0.39, 0.29) is 35.8 Å². The van der Waals surface area contributed by atoms with Gasteiger partial charge in [0.15, 0.2) is 11.6 Å². The van der Waals surface area contributed by atoms with Gasteiger partial charge in [-0.25, -0.2) is 27.3 Å². The van der Waals surface area contributed by atoms with Crippen LogP contribution in [0.4, 0.5) is 28.0 Å². The number of ether oxygens (including phenoxy) is 2. The molecule has 5 rings (SSSR count). The number of carbonyl (C=O) groups excluding carboxylic acids is 2. The Kier molecular flexibility index (Phi) is 13.5. The summed E-state index contributed by atoms with van der Waals surface area (Å²) >= 11 is 1.21. The van der Waals surface area contributed by atoms with Crippen molar-refractivity contribution < 1.29 is 58.7 Å². The van der Waals surface area contributed by atoms with Crippen molar-refractivity contribution in [2.45, 2.75) is 44.7 Å². The summed E-state index contributed by atoms with van der Waals surface area (Å²) in [5.41, 5.74) is -0.791. The van der Waals surface area contributed by atoms with Crippen LogP contribution in [0.3, 0.4) is 0 Å². The summed E-state index contributed by atoms with van der Waals surface area (Å²) in [5, 5.41) is 30.4. The number of likely N-dealkylation sites (N-methyl/N-ethyl adjacent to an activating group) is 1. The minimum atomic E-state index is -2.10. The highest BCUT2D eigenvalue weighted by Crippen LogP contribution is 2.41. The lowest BCUT2D eigenvalue weighted by Crippen LogP contribution is -3.00. The van der Waals surface area contributed by atoms with Crippen LogP contribution in [0.25, 0.3) is 11.3 Å². The van der Waals surface area contributed by atoms with Crippen LogP contribution in [-0.4, -0.2) is 52.6 Å². The standard InChI is InChI=1S/C36H34F4N7O5S.ClH/c1-21(34-44-31(17-53-34)24-7-5-23(14-41)6-8-24)36(50,27-12-26(37)9-10-28(27)38)18-47-20-46(19-43-47)22(2)52-35(49)45(4)32-13-30(40)29(39)11-25(32)16-51-33(48)15-42-3;/h5-13,17,19-22,42,50H,15-16,18H2,1-4H3;1H/q+1;/p-1/t21-,22?,36+;/m0./s1. The van der Waals surface area contributed by atoms with Crippen molar-refractivity contribution in [2.75, 3.05) is 25.5 Å².